The quantitative estimate of drug-likeness (QED) is 0.840. The minimum Gasteiger partial charge on any atom is -0.423 e. The molecule has 0 amide bonds. The number of aryl methyl sites for hydroxylation is 1. The number of halogens is 1. The van der Waals surface area contributed by atoms with Crippen LogP contribution in [0.1, 0.15) is 30.4 Å². The Morgan fingerprint density at radius 2 is 2.00 bits per heavy atom. The van der Waals surface area contributed by atoms with Gasteiger partial charge in [-0.25, -0.2) is 4.79 Å². The van der Waals surface area contributed by atoms with Gasteiger partial charge in [0.1, 0.15) is 5.58 Å². The molecule has 1 aliphatic heterocycles. The summed E-state index contributed by atoms with van der Waals surface area (Å²) in [6.45, 7) is 6.18. The summed E-state index contributed by atoms with van der Waals surface area (Å²) in [4.78, 5) is 14.3. The molecule has 1 fully saturated rings. The molecule has 0 spiro atoms. The van der Waals surface area contributed by atoms with Crippen LogP contribution in [0.2, 0.25) is 0 Å². The van der Waals surface area contributed by atoms with Gasteiger partial charge >= 0.3 is 5.63 Å². The fraction of sp³-hybridized carbons (Fsp3) is 0.526. The monoisotopic (exact) mass is 350 g/mol. The summed E-state index contributed by atoms with van der Waals surface area (Å²) in [6, 6.07) is 7.76. The second kappa shape index (κ2) is 8.65. The van der Waals surface area contributed by atoms with Gasteiger partial charge in [-0.2, -0.15) is 0 Å². The van der Waals surface area contributed by atoms with Crippen molar-refractivity contribution in [1.82, 2.24) is 10.2 Å². The first-order valence-electron chi connectivity index (χ1n) is 8.56. The number of fused-ring (bicyclic) bond motifs is 1. The Morgan fingerprint density at radius 3 is 2.71 bits per heavy atom. The van der Waals surface area contributed by atoms with Crippen molar-refractivity contribution in [2.24, 2.45) is 5.92 Å². The van der Waals surface area contributed by atoms with E-state index in [1.165, 1.54) is 19.3 Å². The standard InChI is InChI=1S/C19H26N2O2.ClH/c1-14-3-4-17-16(12-19(22)23-18(17)11-14)13-21-9-6-15(7-10-21)5-8-20-2;/h3-4,11-12,15,20H,5-10,13H2,1-2H3;1H. The van der Waals surface area contributed by atoms with Gasteiger partial charge in [-0.15, -0.1) is 12.4 Å². The second-order valence-corrected chi connectivity index (χ2v) is 6.70. The minimum atomic E-state index is -0.248. The molecule has 0 aliphatic carbocycles. The molecular weight excluding hydrogens is 324 g/mol. The molecular formula is C19H27ClN2O2. The van der Waals surface area contributed by atoms with Crippen molar-refractivity contribution in [2.45, 2.75) is 32.7 Å². The largest absolute Gasteiger partial charge is 0.423 e. The molecule has 0 unspecified atom stereocenters. The predicted molar refractivity (Wildman–Crippen MR) is 101 cm³/mol. The maximum Gasteiger partial charge on any atom is 0.336 e. The topological polar surface area (TPSA) is 45.5 Å². The average molecular weight is 351 g/mol. The maximum absolute atomic E-state index is 11.8. The van der Waals surface area contributed by atoms with Gasteiger partial charge in [-0.3, -0.25) is 4.90 Å². The van der Waals surface area contributed by atoms with E-state index in [0.29, 0.717) is 5.58 Å². The highest BCUT2D eigenvalue weighted by molar-refractivity contribution is 5.85. The van der Waals surface area contributed by atoms with Crippen molar-refractivity contribution in [3.63, 3.8) is 0 Å². The van der Waals surface area contributed by atoms with Gasteiger partial charge in [0, 0.05) is 18.0 Å². The van der Waals surface area contributed by atoms with Crippen molar-refractivity contribution >= 4 is 23.4 Å². The molecule has 1 aromatic heterocycles. The van der Waals surface area contributed by atoms with Gasteiger partial charge in [0.15, 0.2) is 0 Å². The van der Waals surface area contributed by atoms with Crippen LogP contribution in [0, 0.1) is 12.8 Å². The first-order chi connectivity index (χ1) is 11.2. The molecule has 24 heavy (non-hydrogen) atoms. The molecule has 2 aromatic rings. The summed E-state index contributed by atoms with van der Waals surface area (Å²) in [5.41, 5.74) is 2.66. The van der Waals surface area contributed by atoms with Crippen LogP contribution in [0.5, 0.6) is 0 Å². The number of benzene rings is 1. The first kappa shape index (κ1) is 19.0. The van der Waals surface area contributed by atoms with Gasteiger partial charge in [0.05, 0.1) is 0 Å². The third-order valence-electron chi connectivity index (χ3n) is 4.89. The molecule has 132 valence electrons. The normalized spacial score (nSPS) is 16.2. The fourth-order valence-electron chi connectivity index (χ4n) is 3.49. The van der Waals surface area contributed by atoms with Crippen LogP contribution in [0.25, 0.3) is 11.0 Å². The van der Waals surface area contributed by atoms with Crippen LogP contribution >= 0.6 is 12.4 Å². The van der Waals surface area contributed by atoms with Gasteiger partial charge in [0.25, 0.3) is 0 Å². The van der Waals surface area contributed by atoms with E-state index in [4.69, 9.17) is 4.42 Å². The van der Waals surface area contributed by atoms with Crippen molar-refractivity contribution in [2.75, 3.05) is 26.7 Å². The highest BCUT2D eigenvalue weighted by Gasteiger charge is 2.19. The van der Waals surface area contributed by atoms with Crippen LogP contribution in [0.3, 0.4) is 0 Å². The molecule has 1 N–H and O–H groups in total. The number of piperidine rings is 1. The highest BCUT2D eigenvalue weighted by Crippen LogP contribution is 2.24. The zero-order chi connectivity index (χ0) is 16.2. The average Bonchev–Trinajstić information content (AvgIpc) is 2.53. The third kappa shape index (κ3) is 4.59. The molecule has 0 atom stereocenters. The van der Waals surface area contributed by atoms with Crippen LogP contribution in [0.4, 0.5) is 0 Å². The zero-order valence-electron chi connectivity index (χ0n) is 14.5. The molecule has 0 saturated carbocycles. The van der Waals surface area contributed by atoms with E-state index in [9.17, 15) is 4.79 Å². The van der Waals surface area contributed by atoms with Crippen LogP contribution in [0.15, 0.2) is 33.5 Å². The zero-order valence-corrected chi connectivity index (χ0v) is 15.3. The first-order valence-corrected chi connectivity index (χ1v) is 8.56. The summed E-state index contributed by atoms with van der Waals surface area (Å²) < 4.78 is 5.35. The van der Waals surface area contributed by atoms with E-state index < -0.39 is 0 Å². The van der Waals surface area contributed by atoms with Gasteiger partial charge in [-0.1, -0.05) is 12.1 Å². The number of rotatable bonds is 5. The molecule has 3 rings (SSSR count). The van der Waals surface area contributed by atoms with E-state index in [0.717, 1.165) is 48.6 Å². The molecule has 0 radical (unpaired) electrons. The van der Waals surface area contributed by atoms with E-state index in [2.05, 4.69) is 22.3 Å². The summed E-state index contributed by atoms with van der Waals surface area (Å²) in [5.74, 6) is 0.832. The Balaban J connectivity index is 0.00000208. The minimum absolute atomic E-state index is 0. The second-order valence-electron chi connectivity index (χ2n) is 6.70. The number of nitrogens with one attached hydrogen (secondary N) is 1. The Labute approximate surface area is 149 Å². The molecule has 1 aromatic carbocycles. The Bertz CT molecular complexity index is 721. The van der Waals surface area contributed by atoms with E-state index >= 15 is 0 Å². The number of likely N-dealkylation sites (tertiary alicyclic amines) is 1. The molecule has 1 saturated heterocycles. The smallest absolute Gasteiger partial charge is 0.336 e. The summed E-state index contributed by atoms with van der Waals surface area (Å²) >= 11 is 0. The number of hydrogen-bond donors (Lipinski definition) is 1. The Hall–Kier alpha value is -1.36. The lowest BCUT2D eigenvalue weighted by atomic mass is 9.93. The number of hydrogen-bond acceptors (Lipinski definition) is 4. The van der Waals surface area contributed by atoms with Crippen LogP contribution in [-0.4, -0.2) is 31.6 Å². The van der Waals surface area contributed by atoms with Gasteiger partial charge < -0.3 is 9.73 Å². The van der Waals surface area contributed by atoms with E-state index in [1.54, 1.807) is 6.07 Å². The van der Waals surface area contributed by atoms with Gasteiger partial charge in [-0.05, 0) is 76.0 Å². The lowest BCUT2D eigenvalue weighted by Crippen LogP contribution is -2.34. The van der Waals surface area contributed by atoms with Crippen molar-refractivity contribution < 1.29 is 4.42 Å². The lowest BCUT2D eigenvalue weighted by molar-refractivity contribution is 0.172. The molecule has 0 bridgehead atoms. The Morgan fingerprint density at radius 1 is 1.25 bits per heavy atom. The van der Waals surface area contributed by atoms with Crippen molar-refractivity contribution in [3.05, 3.63) is 45.8 Å². The molecule has 1 aliphatic rings. The maximum atomic E-state index is 11.8. The third-order valence-corrected chi connectivity index (χ3v) is 4.89. The molecule has 4 nitrogen and oxygen atoms in total. The molecule has 2 heterocycles. The fourth-order valence-corrected chi connectivity index (χ4v) is 3.49. The summed E-state index contributed by atoms with van der Waals surface area (Å²) in [6.07, 6.45) is 3.77. The SMILES string of the molecule is CNCCC1CCN(Cc2cc(=O)oc3cc(C)ccc23)CC1.Cl. The van der Waals surface area contributed by atoms with E-state index in [-0.39, 0.29) is 18.0 Å². The van der Waals surface area contributed by atoms with E-state index in [1.807, 2.05) is 20.0 Å². The van der Waals surface area contributed by atoms with Crippen LogP contribution in [-0.2, 0) is 6.54 Å². The number of nitrogens with zero attached hydrogens (tertiary/aromatic N) is 1. The van der Waals surface area contributed by atoms with Crippen LogP contribution < -0.4 is 10.9 Å². The summed E-state index contributed by atoms with van der Waals surface area (Å²) in [7, 11) is 2.02. The lowest BCUT2D eigenvalue weighted by Gasteiger charge is -2.32. The predicted octanol–water partition coefficient (Wildman–Crippen LogP) is 3.34. The molecule has 5 heteroatoms. The highest BCUT2D eigenvalue weighted by atomic mass is 35.5. The van der Waals surface area contributed by atoms with Gasteiger partial charge in [0.2, 0.25) is 0 Å². The Kier molecular flexibility index (Phi) is 6.84. The van der Waals surface area contributed by atoms with Crippen molar-refractivity contribution in [3.8, 4) is 0 Å². The summed E-state index contributed by atoms with van der Waals surface area (Å²) in [5, 5.41) is 4.30. The van der Waals surface area contributed by atoms with Crippen molar-refractivity contribution in [1.29, 1.82) is 0 Å².